The molecular formula is C19H24N2O. The fourth-order valence-corrected chi connectivity index (χ4v) is 6.44. The lowest BCUT2D eigenvalue weighted by Gasteiger charge is -2.62. The predicted molar refractivity (Wildman–Crippen MR) is 86.8 cm³/mol. The molecule has 3 fully saturated rings. The van der Waals surface area contributed by atoms with Gasteiger partial charge in [0.05, 0.1) is 0 Å². The number of benzene rings is 1. The maximum Gasteiger partial charge on any atom is 0.228 e. The molecule has 0 N–H and O–H groups in total. The van der Waals surface area contributed by atoms with Gasteiger partial charge in [-0.1, -0.05) is 25.1 Å². The van der Waals surface area contributed by atoms with Gasteiger partial charge in [0.15, 0.2) is 0 Å². The Balaban J connectivity index is 1.82. The fourth-order valence-electron chi connectivity index (χ4n) is 6.44. The van der Waals surface area contributed by atoms with Crippen LogP contribution in [0.2, 0.25) is 0 Å². The van der Waals surface area contributed by atoms with Crippen molar-refractivity contribution in [2.24, 2.45) is 5.41 Å². The minimum absolute atomic E-state index is 0.0426. The second-order valence-electron chi connectivity index (χ2n) is 7.58. The van der Waals surface area contributed by atoms with Crippen molar-refractivity contribution >= 4 is 11.6 Å². The molecule has 0 bridgehead atoms. The standard InChI is InChI=1S/C19H24N2O/c1-2-18-10-5-12-20-13-9-15-14-6-3-4-7-16(14)21(19(15,18)20)17(22)8-11-18/h3-4,6-7,15H,2,5,8-13H2,1H3/t15?,18-,19?/m1/s1. The van der Waals surface area contributed by atoms with Gasteiger partial charge in [0.2, 0.25) is 5.91 Å². The molecule has 5 rings (SSSR count). The maximum atomic E-state index is 13.0. The molecule has 3 nitrogen and oxygen atoms in total. The van der Waals surface area contributed by atoms with Gasteiger partial charge in [0.25, 0.3) is 0 Å². The summed E-state index contributed by atoms with van der Waals surface area (Å²) in [5.41, 5.74) is 2.89. The Hall–Kier alpha value is -1.35. The summed E-state index contributed by atoms with van der Waals surface area (Å²) in [6.45, 7) is 4.67. The highest BCUT2D eigenvalue weighted by atomic mass is 16.2. The second-order valence-corrected chi connectivity index (χ2v) is 7.58. The number of hydrogen-bond acceptors (Lipinski definition) is 2. The van der Waals surface area contributed by atoms with Crippen molar-refractivity contribution in [3.05, 3.63) is 29.8 Å². The molecule has 0 saturated carbocycles. The molecule has 0 aliphatic carbocycles. The molecule has 1 aromatic carbocycles. The van der Waals surface area contributed by atoms with Gasteiger partial charge in [-0.2, -0.15) is 0 Å². The van der Waals surface area contributed by atoms with Gasteiger partial charge >= 0.3 is 0 Å². The van der Waals surface area contributed by atoms with E-state index in [0.717, 1.165) is 25.9 Å². The first kappa shape index (κ1) is 13.1. The first-order valence-electron chi connectivity index (χ1n) is 8.92. The predicted octanol–water partition coefficient (Wildman–Crippen LogP) is 3.50. The zero-order valence-electron chi connectivity index (χ0n) is 13.3. The number of piperidine rings is 2. The lowest BCUT2D eigenvalue weighted by atomic mass is 9.59. The molecule has 4 aliphatic heterocycles. The summed E-state index contributed by atoms with van der Waals surface area (Å²) in [5.74, 6) is 0.876. The smallest absolute Gasteiger partial charge is 0.228 e. The van der Waals surface area contributed by atoms with Crippen molar-refractivity contribution in [3.8, 4) is 0 Å². The van der Waals surface area contributed by atoms with Gasteiger partial charge in [-0.15, -0.1) is 0 Å². The number of amides is 1. The van der Waals surface area contributed by atoms with E-state index in [1.54, 1.807) is 0 Å². The Bertz CT molecular complexity index is 657. The summed E-state index contributed by atoms with van der Waals surface area (Å²) < 4.78 is 0. The van der Waals surface area contributed by atoms with Gasteiger partial charge in [-0.3, -0.25) is 14.6 Å². The van der Waals surface area contributed by atoms with E-state index < -0.39 is 0 Å². The van der Waals surface area contributed by atoms with E-state index in [1.807, 2.05) is 0 Å². The van der Waals surface area contributed by atoms with Crippen LogP contribution in [0.4, 0.5) is 5.69 Å². The van der Waals surface area contributed by atoms with Crippen LogP contribution in [-0.4, -0.2) is 29.6 Å². The van der Waals surface area contributed by atoms with E-state index in [1.165, 1.54) is 36.9 Å². The molecular weight excluding hydrogens is 272 g/mol. The summed E-state index contributed by atoms with van der Waals surface area (Å²) in [6, 6.07) is 8.70. The first-order valence-corrected chi connectivity index (χ1v) is 8.92. The zero-order valence-corrected chi connectivity index (χ0v) is 13.3. The summed E-state index contributed by atoms with van der Waals surface area (Å²) in [7, 11) is 0. The van der Waals surface area contributed by atoms with E-state index in [-0.39, 0.29) is 5.66 Å². The molecule has 0 radical (unpaired) electrons. The normalized spacial score (nSPS) is 39.6. The molecule has 3 atom stereocenters. The number of fused-ring (bicyclic) bond motifs is 3. The zero-order chi connectivity index (χ0) is 14.9. The first-order chi connectivity index (χ1) is 10.7. The molecule has 4 aliphatic rings. The average Bonchev–Trinajstić information content (AvgIpc) is 3.06. The van der Waals surface area contributed by atoms with E-state index in [9.17, 15) is 4.79 Å². The Kier molecular flexibility index (Phi) is 2.47. The van der Waals surface area contributed by atoms with E-state index in [0.29, 0.717) is 17.2 Å². The largest absolute Gasteiger partial charge is 0.292 e. The van der Waals surface area contributed by atoms with Crippen LogP contribution in [0, 0.1) is 5.41 Å². The highest BCUT2D eigenvalue weighted by Crippen LogP contribution is 2.68. The number of carbonyl (C=O) groups excluding carboxylic acids is 1. The van der Waals surface area contributed by atoms with Crippen molar-refractivity contribution in [3.63, 3.8) is 0 Å². The lowest BCUT2D eigenvalue weighted by Crippen LogP contribution is -2.73. The van der Waals surface area contributed by atoms with Crippen molar-refractivity contribution in [2.45, 2.75) is 57.0 Å². The summed E-state index contributed by atoms with van der Waals surface area (Å²) in [4.78, 5) is 17.9. The number of para-hydroxylation sites is 1. The van der Waals surface area contributed by atoms with Crippen molar-refractivity contribution < 1.29 is 4.79 Å². The van der Waals surface area contributed by atoms with Crippen LogP contribution in [0.5, 0.6) is 0 Å². The van der Waals surface area contributed by atoms with E-state index in [4.69, 9.17) is 0 Å². The van der Waals surface area contributed by atoms with Gasteiger partial charge in [0, 0.05) is 36.5 Å². The van der Waals surface area contributed by atoms with Gasteiger partial charge in [0.1, 0.15) is 5.66 Å². The molecule has 3 heteroatoms. The summed E-state index contributed by atoms with van der Waals surface area (Å²) >= 11 is 0. The second kappa shape index (κ2) is 4.14. The Labute approximate surface area is 132 Å². The number of carbonyl (C=O) groups is 1. The SMILES string of the molecule is CC[C@@]12CCCN3CCC4c5ccccc5N(C(=O)CC1)C432. The highest BCUT2D eigenvalue weighted by Gasteiger charge is 2.71. The molecule has 116 valence electrons. The van der Waals surface area contributed by atoms with E-state index >= 15 is 0 Å². The van der Waals surface area contributed by atoms with Gasteiger partial charge in [-0.25, -0.2) is 0 Å². The summed E-state index contributed by atoms with van der Waals surface area (Å²) in [6.07, 6.45) is 6.79. The third kappa shape index (κ3) is 1.20. The minimum Gasteiger partial charge on any atom is -0.292 e. The van der Waals surface area contributed by atoms with Crippen molar-refractivity contribution in [2.75, 3.05) is 18.0 Å². The Morgan fingerprint density at radius 1 is 1.23 bits per heavy atom. The van der Waals surface area contributed by atoms with Gasteiger partial charge < -0.3 is 0 Å². The summed E-state index contributed by atoms with van der Waals surface area (Å²) in [5, 5.41) is 0. The Morgan fingerprint density at radius 3 is 2.95 bits per heavy atom. The fraction of sp³-hybridized carbons (Fsp3) is 0.632. The molecule has 22 heavy (non-hydrogen) atoms. The topological polar surface area (TPSA) is 23.6 Å². The molecule has 3 saturated heterocycles. The highest BCUT2D eigenvalue weighted by molar-refractivity contribution is 5.99. The van der Waals surface area contributed by atoms with Crippen LogP contribution < -0.4 is 4.90 Å². The quantitative estimate of drug-likeness (QED) is 0.792. The number of anilines is 1. The maximum absolute atomic E-state index is 13.0. The number of nitrogens with zero attached hydrogens (tertiary/aromatic N) is 2. The number of rotatable bonds is 1. The molecule has 1 spiro atoms. The third-order valence-corrected chi connectivity index (χ3v) is 7.16. The monoisotopic (exact) mass is 296 g/mol. The van der Waals surface area contributed by atoms with Crippen LogP contribution in [-0.2, 0) is 4.79 Å². The van der Waals surface area contributed by atoms with Crippen LogP contribution in [0.15, 0.2) is 24.3 Å². The Morgan fingerprint density at radius 2 is 2.09 bits per heavy atom. The molecule has 4 heterocycles. The number of hydrogen-bond donors (Lipinski definition) is 0. The molecule has 1 amide bonds. The van der Waals surface area contributed by atoms with Crippen LogP contribution in [0.25, 0.3) is 0 Å². The third-order valence-electron chi connectivity index (χ3n) is 7.16. The van der Waals surface area contributed by atoms with Crippen molar-refractivity contribution in [1.29, 1.82) is 0 Å². The van der Waals surface area contributed by atoms with Crippen LogP contribution in [0.1, 0.15) is 56.9 Å². The minimum atomic E-state index is -0.0426. The van der Waals surface area contributed by atoms with E-state index in [2.05, 4.69) is 41.0 Å². The lowest BCUT2D eigenvalue weighted by molar-refractivity contribution is -0.137. The average molecular weight is 296 g/mol. The van der Waals surface area contributed by atoms with Crippen LogP contribution >= 0.6 is 0 Å². The van der Waals surface area contributed by atoms with Crippen molar-refractivity contribution in [1.82, 2.24) is 4.90 Å². The molecule has 1 aromatic rings. The van der Waals surface area contributed by atoms with Crippen LogP contribution in [0.3, 0.4) is 0 Å². The molecule has 0 aromatic heterocycles. The molecule has 2 unspecified atom stereocenters. The van der Waals surface area contributed by atoms with Gasteiger partial charge in [-0.05, 0) is 43.7 Å².